The number of anilines is 1. The summed E-state index contributed by atoms with van der Waals surface area (Å²) >= 11 is 0. The number of amides is 1. The summed E-state index contributed by atoms with van der Waals surface area (Å²) in [6.45, 7) is 6.99. The zero-order chi connectivity index (χ0) is 19.2. The van der Waals surface area contributed by atoms with Crippen molar-refractivity contribution in [3.63, 3.8) is 0 Å². The SMILES string of the molecule is C/C=C/c1nc(N2CCOCC2)cc(C)c1C(=O)NCc1cccc(F)c1. The minimum Gasteiger partial charge on any atom is -0.378 e. The van der Waals surface area contributed by atoms with Crippen LogP contribution in [0.1, 0.15) is 34.1 Å². The maximum atomic E-state index is 13.3. The van der Waals surface area contributed by atoms with Crippen LogP contribution >= 0.6 is 0 Å². The highest BCUT2D eigenvalue weighted by Crippen LogP contribution is 2.22. The standard InChI is InChI=1S/C21H24FN3O2/c1-3-5-18-20(21(26)23-14-16-6-4-7-17(22)13-16)15(2)12-19(24-18)25-8-10-27-11-9-25/h3-7,12-13H,8-11,14H2,1-2H3,(H,23,26)/b5-3+. The third kappa shape index (κ3) is 4.71. The molecule has 142 valence electrons. The lowest BCUT2D eigenvalue weighted by Gasteiger charge is -2.28. The van der Waals surface area contributed by atoms with Crippen molar-refractivity contribution in [2.45, 2.75) is 20.4 Å². The number of allylic oxidation sites excluding steroid dienone is 1. The molecule has 1 amide bonds. The molecule has 0 spiro atoms. The van der Waals surface area contributed by atoms with Crippen molar-refractivity contribution < 1.29 is 13.9 Å². The van der Waals surface area contributed by atoms with E-state index in [1.807, 2.05) is 32.1 Å². The molecule has 0 unspecified atom stereocenters. The number of aryl methyl sites for hydroxylation is 1. The summed E-state index contributed by atoms with van der Waals surface area (Å²) in [5.74, 6) is 0.320. The Bertz CT molecular complexity index is 845. The van der Waals surface area contributed by atoms with Gasteiger partial charge in [-0.15, -0.1) is 0 Å². The van der Waals surface area contributed by atoms with E-state index >= 15 is 0 Å². The zero-order valence-corrected chi connectivity index (χ0v) is 15.7. The highest BCUT2D eigenvalue weighted by Gasteiger charge is 2.19. The second-order valence-electron chi connectivity index (χ2n) is 6.47. The molecule has 1 saturated heterocycles. The fourth-order valence-corrected chi connectivity index (χ4v) is 3.13. The number of halogens is 1. The first-order valence-corrected chi connectivity index (χ1v) is 9.08. The summed E-state index contributed by atoms with van der Waals surface area (Å²) in [5, 5.41) is 2.87. The smallest absolute Gasteiger partial charge is 0.254 e. The number of ether oxygens (including phenoxy) is 1. The van der Waals surface area contributed by atoms with E-state index in [0.29, 0.717) is 30.0 Å². The molecule has 1 fully saturated rings. The highest BCUT2D eigenvalue weighted by molar-refractivity contribution is 5.98. The fraction of sp³-hybridized carbons (Fsp3) is 0.333. The number of benzene rings is 1. The monoisotopic (exact) mass is 369 g/mol. The Morgan fingerprint density at radius 1 is 1.33 bits per heavy atom. The van der Waals surface area contributed by atoms with Gasteiger partial charge in [0.1, 0.15) is 11.6 Å². The molecule has 2 heterocycles. The largest absolute Gasteiger partial charge is 0.378 e. The van der Waals surface area contributed by atoms with Gasteiger partial charge >= 0.3 is 0 Å². The van der Waals surface area contributed by atoms with Crippen molar-refractivity contribution in [3.05, 3.63) is 64.6 Å². The van der Waals surface area contributed by atoms with E-state index in [-0.39, 0.29) is 18.3 Å². The Morgan fingerprint density at radius 2 is 2.11 bits per heavy atom. The van der Waals surface area contributed by atoms with Crippen LogP contribution in [-0.2, 0) is 11.3 Å². The lowest BCUT2D eigenvalue weighted by atomic mass is 10.1. The third-order valence-electron chi connectivity index (χ3n) is 4.46. The molecule has 1 aromatic carbocycles. The molecule has 5 nitrogen and oxygen atoms in total. The normalized spacial score (nSPS) is 14.6. The molecule has 1 aliphatic rings. The van der Waals surface area contributed by atoms with Crippen molar-refractivity contribution in [3.8, 4) is 0 Å². The molecular formula is C21H24FN3O2. The average Bonchev–Trinajstić information content (AvgIpc) is 2.67. The number of rotatable bonds is 5. The van der Waals surface area contributed by atoms with Gasteiger partial charge in [0.05, 0.1) is 24.5 Å². The van der Waals surface area contributed by atoms with E-state index in [2.05, 4.69) is 10.2 Å². The van der Waals surface area contributed by atoms with E-state index in [1.54, 1.807) is 12.1 Å². The summed E-state index contributed by atoms with van der Waals surface area (Å²) < 4.78 is 18.7. The van der Waals surface area contributed by atoms with Gasteiger partial charge in [-0.25, -0.2) is 9.37 Å². The number of morpholine rings is 1. The van der Waals surface area contributed by atoms with E-state index in [9.17, 15) is 9.18 Å². The summed E-state index contributed by atoms with van der Waals surface area (Å²) in [7, 11) is 0. The molecule has 27 heavy (non-hydrogen) atoms. The lowest BCUT2D eigenvalue weighted by molar-refractivity contribution is 0.0949. The number of hydrogen-bond acceptors (Lipinski definition) is 4. The molecule has 0 saturated carbocycles. The molecule has 6 heteroatoms. The van der Waals surface area contributed by atoms with Crippen molar-refractivity contribution in [2.75, 3.05) is 31.2 Å². The number of carbonyl (C=O) groups is 1. The maximum absolute atomic E-state index is 13.3. The fourth-order valence-electron chi connectivity index (χ4n) is 3.13. The number of nitrogens with one attached hydrogen (secondary N) is 1. The first-order valence-electron chi connectivity index (χ1n) is 9.08. The van der Waals surface area contributed by atoms with Gasteiger partial charge in [-0.1, -0.05) is 18.2 Å². The molecule has 0 aliphatic carbocycles. The molecule has 1 aliphatic heterocycles. The first-order chi connectivity index (χ1) is 13.1. The molecule has 2 aromatic rings. The second kappa shape index (κ2) is 8.77. The molecular weight excluding hydrogens is 345 g/mol. The van der Waals surface area contributed by atoms with Gasteiger partial charge in [0.2, 0.25) is 0 Å². The lowest BCUT2D eigenvalue weighted by Crippen LogP contribution is -2.37. The van der Waals surface area contributed by atoms with E-state index in [1.165, 1.54) is 12.1 Å². The summed E-state index contributed by atoms with van der Waals surface area (Å²) in [6, 6.07) is 8.15. The van der Waals surface area contributed by atoms with Crippen molar-refractivity contribution in [2.24, 2.45) is 0 Å². The van der Waals surface area contributed by atoms with Crippen LogP contribution < -0.4 is 10.2 Å². The van der Waals surface area contributed by atoms with E-state index < -0.39 is 0 Å². The molecule has 0 radical (unpaired) electrons. The Labute approximate surface area is 158 Å². The Morgan fingerprint density at radius 3 is 2.81 bits per heavy atom. The van der Waals surface area contributed by atoms with Crippen LogP contribution in [0.5, 0.6) is 0 Å². The van der Waals surface area contributed by atoms with Crippen LogP contribution in [-0.4, -0.2) is 37.2 Å². The van der Waals surface area contributed by atoms with Gasteiger partial charge in [0.25, 0.3) is 5.91 Å². The zero-order valence-electron chi connectivity index (χ0n) is 15.7. The maximum Gasteiger partial charge on any atom is 0.254 e. The number of pyridine rings is 1. The van der Waals surface area contributed by atoms with Crippen LogP contribution in [0, 0.1) is 12.7 Å². The Kier molecular flexibility index (Phi) is 6.19. The van der Waals surface area contributed by atoms with Gasteiger partial charge < -0.3 is 15.0 Å². The molecule has 1 N–H and O–H groups in total. The minimum atomic E-state index is -0.316. The quantitative estimate of drug-likeness (QED) is 0.878. The highest BCUT2D eigenvalue weighted by atomic mass is 19.1. The molecule has 0 atom stereocenters. The summed E-state index contributed by atoms with van der Waals surface area (Å²) in [4.78, 5) is 19.7. The Hall–Kier alpha value is -2.73. The summed E-state index contributed by atoms with van der Waals surface area (Å²) in [6.07, 6.45) is 3.71. The van der Waals surface area contributed by atoms with Crippen LogP contribution in [0.3, 0.4) is 0 Å². The Balaban J connectivity index is 1.83. The molecule has 3 rings (SSSR count). The van der Waals surface area contributed by atoms with E-state index in [4.69, 9.17) is 9.72 Å². The predicted molar refractivity (Wildman–Crippen MR) is 104 cm³/mol. The van der Waals surface area contributed by atoms with Gasteiger partial charge in [0.15, 0.2) is 0 Å². The minimum absolute atomic E-state index is 0.217. The van der Waals surface area contributed by atoms with Crippen molar-refractivity contribution >= 4 is 17.8 Å². The number of carbonyl (C=O) groups excluding carboxylic acids is 1. The van der Waals surface area contributed by atoms with Gasteiger partial charge in [0, 0.05) is 19.6 Å². The average molecular weight is 369 g/mol. The van der Waals surface area contributed by atoms with Gasteiger partial charge in [-0.05, 0) is 49.2 Å². The number of aromatic nitrogens is 1. The topological polar surface area (TPSA) is 54.5 Å². The second-order valence-corrected chi connectivity index (χ2v) is 6.47. The van der Waals surface area contributed by atoms with Crippen LogP contribution in [0.2, 0.25) is 0 Å². The summed E-state index contributed by atoms with van der Waals surface area (Å²) in [5.41, 5.74) is 2.75. The predicted octanol–water partition coefficient (Wildman–Crippen LogP) is 3.33. The van der Waals surface area contributed by atoms with Crippen molar-refractivity contribution in [1.82, 2.24) is 10.3 Å². The number of nitrogens with zero attached hydrogens (tertiary/aromatic N) is 2. The van der Waals surface area contributed by atoms with Crippen molar-refractivity contribution in [1.29, 1.82) is 0 Å². The first kappa shape index (κ1) is 19.0. The molecule has 1 aromatic heterocycles. The van der Waals surface area contributed by atoms with Gasteiger partial charge in [-0.3, -0.25) is 4.79 Å². The number of hydrogen-bond donors (Lipinski definition) is 1. The molecule has 0 bridgehead atoms. The third-order valence-corrected chi connectivity index (χ3v) is 4.46. The van der Waals surface area contributed by atoms with Crippen LogP contribution in [0.15, 0.2) is 36.4 Å². The van der Waals surface area contributed by atoms with Gasteiger partial charge in [-0.2, -0.15) is 0 Å². The van der Waals surface area contributed by atoms with Crippen LogP contribution in [0.25, 0.3) is 6.08 Å². The van der Waals surface area contributed by atoms with Crippen LogP contribution in [0.4, 0.5) is 10.2 Å². The van der Waals surface area contributed by atoms with E-state index in [0.717, 1.165) is 24.5 Å².